The maximum absolute atomic E-state index is 8.49. The summed E-state index contributed by atoms with van der Waals surface area (Å²) >= 11 is 0. The van der Waals surface area contributed by atoms with Crippen LogP contribution in [0.5, 0.6) is 0 Å². The van der Waals surface area contributed by atoms with E-state index in [0.717, 1.165) is 0 Å². The monoisotopic (exact) mass is 270 g/mol. The van der Waals surface area contributed by atoms with Gasteiger partial charge in [-0.2, -0.15) is 0 Å². The second-order valence-corrected chi connectivity index (χ2v) is 1.13. The molecule has 0 amide bonds. The molecule has 12 N–H and O–H groups in total. The van der Waals surface area contributed by atoms with E-state index >= 15 is 0 Å². The summed E-state index contributed by atoms with van der Waals surface area (Å²) < 4.78 is 34.0. The van der Waals surface area contributed by atoms with Crippen LogP contribution in [0.1, 0.15) is 0 Å². The molecule has 0 saturated heterocycles. The molecule has 0 saturated carbocycles. The van der Waals surface area contributed by atoms with Gasteiger partial charge in [0, 0.05) is 0 Å². The van der Waals surface area contributed by atoms with Crippen molar-refractivity contribution in [2.45, 2.75) is 0 Å². The van der Waals surface area contributed by atoms with Gasteiger partial charge in [0.05, 0.1) is 0 Å². The van der Waals surface area contributed by atoms with E-state index in [2.05, 4.69) is 0 Å². The van der Waals surface area contributed by atoms with Crippen LogP contribution in [0.15, 0.2) is 0 Å². The minimum atomic E-state index is -4.94. The summed E-state index contributed by atoms with van der Waals surface area (Å²) in [5.74, 6) is 0. The fraction of sp³-hybridized carbons (Fsp3) is 0. The standard InChI is InChI=1S/ClHO4.Cu.6H2O/c2-1(3,4)5;;;;;;;/h(H,2,3,4,5);;6*1H2/q;+1;;;;;;/p-1. The van der Waals surface area contributed by atoms with Crippen molar-refractivity contribution in [2.24, 2.45) is 0 Å². The Kier molecular flexibility index (Phi) is 208. The maximum atomic E-state index is 8.49. The number of hydrogen-bond donors (Lipinski definition) is 0. The summed E-state index contributed by atoms with van der Waals surface area (Å²) in [4.78, 5) is 0. The van der Waals surface area contributed by atoms with Gasteiger partial charge in [-0.25, -0.2) is 18.6 Å². The van der Waals surface area contributed by atoms with Crippen LogP contribution in [0.4, 0.5) is 0 Å². The smallest absolute Gasteiger partial charge is 0.412 e. The van der Waals surface area contributed by atoms with E-state index in [0.29, 0.717) is 0 Å². The van der Waals surface area contributed by atoms with Gasteiger partial charge in [-0.1, -0.05) is 0 Å². The van der Waals surface area contributed by atoms with Gasteiger partial charge in [0.25, 0.3) is 0 Å². The van der Waals surface area contributed by atoms with Gasteiger partial charge >= 0.3 is 17.1 Å². The van der Waals surface area contributed by atoms with Crippen molar-refractivity contribution in [1.29, 1.82) is 0 Å². The maximum Gasteiger partial charge on any atom is 1.00 e. The van der Waals surface area contributed by atoms with E-state index in [1.807, 2.05) is 0 Å². The molecule has 0 aromatic carbocycles. The van der Waals surface area contributed by atoms with E-state index in [4.69, 9.17) is 18.6 Å². The van der Waals surface area contributed by atoms with Gasteiger partial charge in [0.1, 0.15) is 0 Å². The normalized spacial score (nSPS) is 5.00. The molecule has 0 unspecified atom stereocenters. The average molecular weight is 271 g/mol. The molecule has 0 bridgehead atoms. The van der Waals surface area contributed by atoms with Gasteiger partial charge in [-0.05, 0) is 0 Å². The molecule has 0 aliphatic carbocycles. The minimum Gasteiger partial charge on any atom is -0.412 e. The molecule has 10 nitrogen and oxygen atoms in total. The summed E-state index contributed by atoms with van der Waals surface area (Å²) in [7, 11) is -4.94. The Morgan fingerprint density at radius 2 is 0.500 bits per heavy atom. The van der Waals surface area contributed by atoms with Crippen molar-refractivity contribution < 1.29 is 78.8 Å². The Balaban J connectivity index is -0.00000000381. The van der Waals surface area contributed by atoms with E-state index in [9.17, 15) is 0 Å². The molecule has 0 heterocycles. The molecule has 0 rings (SSSR count). The van der Waals surface area contributed by atoms with Gasteiger partial charge in [0.15, 0.2) is 0 Å². The number of hydrogen-bond acceptors (Lipinski definition) is 4. The van der Waals surface area contributed by atoms with Crippen LogP contribution >= 0.6 is 0 Å². The SMILES string of the molecule is O.O.O.O.O.O.[Cu+].[O-][Cl+3]([O-])([O-])[O-]. The quantitative estimate of drug-likeness (QED) is 0.387. The fourth-order valence-corrected chi connectivity index (χ4v) is 0. The van der Waals surface area contributed by atoms with Crippen LogP contribution in [-0.2, 0) is 17.1 Å². The Bertz CT molecular complexity index is 25.3. The van der Waals surface area contributed by atoms with E-state index < -0.39 is 10.2 Å². The third kappa shape index (κ3) is 5500. The second-order valence-electron chi connectivity index (χ2n) is 0.378. The van der Waals surface area contributed by atoms with Gasteiger partial charge in [-0.3, -0.25) is 0 Å². The van der Waals surface area contributed by atoms with Gasteiger partial charge < -0.3 is 32.9 Å². The van der Waals surface area contributed by atoms with Crippen molar-refractivity contribution in [3.05, 3.63) is 0 Å². The molecule has 12 heteroatoms. The van der Waals surface area contributed by atoms with Crippen LogP contribution in [-0.4, -0.2) is 32.9 Å². The topological polar surface area (TPSA) is 281 Å². The molecule has 0 aromatic heterocycles. The van der Waals surface area contributed by atoms with Gasteiger partial charge in [0.2, 0.25) is 0 Å². The molecule has 0 radical (unpaired) electrons. The summed E-state index contributed by atoms with van der Waals surface area (Å²) in [5, 5.41) is 0. The first-order valence-electron chi connectivity index (χ1n) is 0.617. The number of rotatable bonds is 0. The summed E-state index contributed by atoms with van der Waals surface area (Å²) in [6, 6.07) is 0. The van der Waals surface area contributed by atoms with Gasteiger partial charge in [-0.15, -0.1) is 10.2 Å². The van der Waals surface area contributed by atoms with Crippen molar-refractivity contribution >= 4 is 0 Å². The Morgan fingerprint density at radius 3 is 0.500 bits per heavy atom. The Morgan fingerprint density at radius 1 is 0.500 bits per heavy atom. The first-order valence-corrected chi connectivity index (χ1v) is 1.85. The van der Waals surface area contributed by atoms with Crippen LogP contribution in [0.2, 0.25) is 0 Å². The first kappa shape index (κ1) is 83.1. The van der Waals surface area contributed by atoms with Crippen molar-refractivity contribution in [3.63, 3.8) is 0 Å². The fourth-order valence-electron chi connectivity index (χ4n) is 0. The molecule has 0 aliphatic rings. The summed E-state index contributed by atoms with van der Waals surface area (Å²) in [6.45, 7) is 0. The molecule has 0 fully saturated rings. The third-order valence-electron chi connectivity index (χ3n) is 0. The third-order valence-corrected chi connectivity index (χ3v) is 0. The predicted molar refractivity (Wildman–Crippen MR) is 21.7 cm³/mol. The molecule has 90 valence electrons. The van der Waals surface area contributed by atoms with Crippen LogP contribution in [0.3, 0.4) is 0 Å². The average Bonchev–Trinajstić information content (AvgIpc) is 0.722. The molecular weight excluding hydrogens is 259 g/mol. The first-order chi connectivity index (χ1) is 2.00. The zero-order valence-electron chi connectivity index (χ0n) is 5.31. The molecule has 0 atom stereocenters. The zero-order valence-corrected chi connectivity index (χ0v) is 7.01. The molecule has 0 aliphatic heterocycles. The van der Waals surface area contributed by atoms with Crippen molar-refractivity contribution in [3.8, 4) is 0 Å². The number of halogens is 1. The molecular formula is H12ClCuO10. The zero-order chi connectivity index (χ0) is 4.50. The van der Waals surface area contributed by atoms with Crippen LogP contribution in [0.25, 0.3) is 0 Å². The largest absolute Gasteiger partial charge is 1.00 e. The van der Waals surface area contributed by atoms with Crippen LogP contribution < -0.4 is 18.6 Å². The molecule has 12 heavy (non-hydrogen) atoms. The van der Waals surface area contributed by atoms with Crippen LogP contribution in [0, 0.1) is 10.2 Å². The van der Waals surface area contributed by atoms with Crippen molar-refractivity contribution in [1.82, 2.24) is 0 Å². The Labute approximate surface area is 79.5 Å². The van der Waals surface area contributed by atoms with E-state index in [1.54, 1.807) is 0 Å². The minimum absolute atomic E-state index is 0. The second kappa shape index (κ2) is 30.1. The summed E-state index contributed by atoms with van der Waals surface area (Å²) in [5.41, 5.74) is 0. The predicted octanol–water partition coefficient (Wildman–Crippen LogP) is -9.71. The molecule has 0 aromatic rings. The summed E-state index contributed by atoms with van der Waals surface area (Å²) in [6.07, 6.45) is 0. The van der Waals surface area contributed by atoms with E-state index in [1.165, 1.54) is 0 Å². The van der Waals surface area contributed by atoms with Crippen molar-refractivity contribution in [2.75, 3.05) is 0 Å². The molecule has 0 spiro atoms. The Hall–Kier alpha value is 0.409. The van der Waals surface area contributed by atoms with E-state index in [-0.39, 0.29) is 49.9 Å².